The Morgan fingerprint density at radius 1 is 1.42 bits per heavy atom. The SMILES string of the molecule is CCc1nn(CC)c(CC(=O)CC(CC)CN)c1Cl. The highest BCUT2D eigenvalue weighted by Crippen LogP contribution is 2.23. The summed E-state index contributed by atoms with van der Waals surface area (Å²) >= 11 is 6.30. The van der Waals surface area contributed by atoms with Gasteiger partial charge in [0.05, 0.1) is 16.4 Å². The molecule has 108 valence electrons. The van der Waals surface area contributed by atoms with Crippen molar-refractivity contribution in [1.29, 1.82) is 0 Å². The van der Waals surface area contributed by atoms with Crippen LogP contribution in [0, 0.1) is 5.92 Å². The zero-order valence-electron chi connectivity index (χ0n) is 12.1. The zero-order valence-corrected chi connectivity index (χ0v) is 12.8. The van der Waals surface area contributed by atoms with E-state index in [1.54, 1.807) is 0 Å². The van der Waals surface area contributed by atoms with E-state index in [1.807, 2.05) is 18.5 Å². The molecule has 0 bridgehead atoms. The number of rotatable bonds is 8. The summed E-state index contributed by atoms with van der Waals surface area (Å²) in [5.41, 5.74) is 7.36. The van der Waals surface area contributed by atoms with E-state index in [9.17, 15) is 4.79 Å². The normalized spacial score (nSPS) is 12.7. The number of aromatic nitrogens is 2. The molecule has 0 aliphatic carbocycles. The molecule has 1 aromatic heterocycles. The number of ketones is 1. The van der Waals surface area contributed by atoms with E-state index in [1.165, 1.54) is 0 Å². The van der Waals surface area contributed by atoms with Gasteiger partial charge < -0.3 is 5.73 Å². The molecular weight excluding hydrogens is 262 g/mol. The summed E-state index contributed by atoms with van der Waals surface area (Å²) in [4.78, 5) is 12.1. The van der Waals surface area contributed by atoms with Crippen LogP contribution in [0.15, 0.2) is 0 Å². The minimum absolute atomic E-state index is 0.191. The van der Waals surface area contributed by atoms with Crippen molar-refractivity contribution in [3.63, 3.8) is 0 Å². The number of halogens is 1. The maximum absolute atomic E-state index is 12.1. The third kappa shape index (κ3) is 4.05. The van der Waals surface area contributed by atoms with Crippen molar-refractivity contribution in [1.82, 2.24) is 9.78 Å². The first-order chi connectivity index (χ1) is 9.07. The summed E-state index contributed by atoms with van der Waals surface area (Å²) in [6.45, 7) is 7.37. The third-order valence-corrected chi connectivity index (χ3v) is 3.92. The Bertz CT molecular complexity index is 425. The van der Waals surface area contributed by atoms with Gasteiger partial charge in [-0.2, -0.15) is 5.10 Å². The number of carbonyl (C=O) groups is 1. The fourth-order valence-electron chi connectivity index (χ4n) is 2.16. The molecule has 0 amide bonds. The van der Waals surface area contributed by atoms with Gasteiger partial charge in [-0.15, -0.1) is 0 Å². The molecule has 1 atom stereocenters. The maximum Gasteiger partial charge on any atom is 0.139 e. The maximum atomic E-state index is 12.1. The molecule has 0 aliphatic rings. The Kier molecular flexibility index (Phi) is 6.52. The van der Waals surface area contributed by atoms with Gasteiger partial charge in [0.15, 0.2) is 0 Å². The summed E-state index contributed by atoms with van der Waals surface area (Å²) in [7, 11) is 0. The van der Waals surface area contributed by atoms with Crippen LogP contribution >= 0.6 is 11.6 Å². The molecule has 4 nitrogen and oxygen atoms in total. The van der Waals surface area contributed by atoms with Gasteiger partial charge >= 0.3 is 0 Å². The van der Waals surface area contributed by atoms with Gasteiger partial charge in [-0.3, -0.25) is 9.48 Å². The molecule has 0 saturated carbocycles. The van der Waals surface area contributed by atoms with E-state index in [-0.39, 0.29) is 11.7 Å². The van der Waals surface area contributed by atoms with E-state index in [0.29, 0.717) is 24.4 Å². The average molecular weight is 286 g/mol. The fourth-order valence-corrected chi connectivity index (χ4v) is 2.50. The fraction of sp³-hybridized carbons (Fsp3) is 0.714. The van der Waals surface area contributed by atoms with Crippen LogP contribution in [-0.2, 0) is 24.2 Å². The van der Waals surface area contributed by atoms with Crippen molar-refractivity contribution in [2.45, 2.75) is 53.0 Å². The van der Waals surface area contributed by atoms with Gasteiger partial charge in [-0.1, -0.05) is 31.9 Å². The second kappa shape index (κ2) is 7.65. The van der Waals surface area contributed by atoms with E-state index in [0.717, 1.165) is 30.8 Å². The van der Waals surface area contributed by atoms with E-state index in [4.69, 9.17) is 17.3 Å². The third-order valence-electron chi connectivity index (χ3n) is 3.49. The molecule has 19 heavy (non-hydrogen) atoms. The summed E-state index contributed by atoms with van der Waals surface area (Å²) in [5, 5.41) is 5.08. The van der Waals surface area contributed by atoms with Gasteiger partial charge in [0, 0.05) is 19.4 Å². The summed E-state index contributed by atoms with van der Waals surface area (Å²) in [6, 6.07) is 0. The van der Waals surface area contributed by atoms with Gasteiger partial charge in [0.2, 0.25) is 0 Å². The molecular formula is C14H24ClN3O. The quantitative estimate of drug-likeness (QED) is 0.799. The highest BCUT2D eigenvalue weighted by molar-refractivity contribution is 6.32. The number of nitrogens with zero attached hydrogens (tertiary/aromatic N) is 2. The van der Waals surface area contributed by atoms with E-state index >= 15 is 0 Å². The van der Waals surface area contributed by atoms with Gasteiger partial charge in [-0.25, -0.2) is 0 Å². The van der Waals surface area contributed by atoms with Crippen LogP contribution in [0.3, 0.4) is 0 Å². The van der Waals surface area contributed by atoms with Gasteiger partial charge in [0.25, 0.3) is 0 Å². The molecule has 0 saturated heterocycles. The van der Waals surface area contributed by atoms with Crippen LogP contribution in [0.5, 0.6) is 0 Å². The second-order valence-corrected chi connectivity index (χ2v) is 5.18. The number of Topliss-reactive ketones (excluding diaryl/α,β-unsaturated/α-hetero) is 1. The lowest BCUT2D eigenvalue weighted by Gasteiger charge is -2.11. The van der Waals surface area contributed by atoms with Crippen molar-refractivity contribution in [2.24, 2.45) is 11.7 Å². The van der Waals surface area contributed by atoms with Crippen LogP contribution in [0.25, 0.3) is 0 Å². The topological polar surface area (TPSA) is 60.9 Å². The first-order valence-corrected chi connectivity index (χ1v) is 7.40. The Morgan fingerprint density at radius 3 is 2.58 bits per heavy atom. The predicted octanol–water partition coefficient (Wildman–Crippen LogP) is 2.61. The Hall–Kier alpha value is -0.870. The first kappa shape index (κ1) is 16.2. The minimum atomic E-state index is 0.191. The lowest BCUT2D eigenvalue weighted by molar-refractivity contribution is -0.119. The zero-order chi connectivity index (χ0) is 14.4. The van der Waals surface area contributed by atoms with Crippen molar-refractivity contribution >= 4 is 17.4 Å². The Labute approximate surface area is 120 Å². The molecule has 0 fully saturated rings. The number of hydrogen-bond donors (Lipinski definition) is 1. The molecule has 5 heteroatoms. The van der Waals surface area contributed by atoms with Crippen molar-refractivity contribution < 1.29 is 4.79 Å². The number of aryl methyl sites for hydroxylation is 2. The van der Waals surface area contributed by atoms with Crippen molar-refractivity contribution in [2.75, 3.05) is 6.54 Å². The highest BCUT2D eigenvalue weighted by Gasteiger charge is 2.18. The van der Waals surface area contributed by atoms with Crippen LogP contribution in [-0.4, -0.2) is 22.1 Å². The molecule has 0 aliphatic heterocycles. The standard InChI is InChI=1S/C14H24ClN3O/c1-4-10(9-16)7-11(19)8-13-14(15)12(5-2)17-18(13)6-3/h10H,4-9,16H2,1-3H3. The van der Waals surface area contributed by atoms with E-state index in [2.05, 4.69) is 12.0 Å². The molecule has 1 aromatic rings. The lowest BCUT2D eigenvalue weighted by atomic mass is 9.97. The first-order valence-electron chi connectivity index (χ1n) is 7.03. The Balaban J connectivity index is 2.81. The molecule has 0 radical (unpaired) electrons. The summed E-state index contributed by atoms with van der Waals surface area (Å²) in [5.74, 6) is 0.464. The molecule has 2 N–H and O–H groups in total. The molecule has 0 spiro atoms. The van der Waals surface area contributed by atoms with Gasteiger partial charge in [-0.05, 0) is 25.8 Å². The van der Waals surface area contributed by atoms with Gasteiger partial charge in [0.1, 0.15) is 5.78 Å². The van der Waals surface area contributed by atoms with Crippen LogP contribution < -0.4 is 5.73 Å². The van der Waals surface area contributed by atoms with Crippen LogP contribution in [0.2, 0.25) is 5.02 Å². The van der Waals surface area contributed by atoms with E-state index < -0.39 is 0 Å². The number of carbonyl (C=O) groups excluding carboxylic acids is 1. The molecule has 1 unspecified atom stereocenters. The van der Waals surface area contributed by atoms with Crippen LogP contribution in [0.4, 0.5) is 0 Å². The van der Waals surface area contributed by atoms with Crippen LogP contribution in [0.1, 0.15) is 45.0 Å². The summed E-state index contributed by atoms with van der Waals surface area (Å²) < 4.78 is 1.84. The minimum Gasteiger partial charge on any atom is -0.330 e. The largest absolute Gasteiger partial charge is 0.330 e. The summed E-state index contributed by atoms with van der Waals surface area (Å²) in [6.07, 6.45) is 2.60. The number of hydrogen-bond acceptors (Lipinski definition) is 3. The lowest BCUT2D eigenvalue weighted by Crippen LogP contribution is -2.19. The smallest absolute Gasteiger partial charge is 0.139 e. The predicted molar refractivity (Wildman–Crippen MR) is 78.5 cm³/mol. The average Bonchev–Trinajstić information content (AvgIpc) is 2.72. The molecule has 1 rings (SSSR count). The molecule has 0 aromatic carbocycles. The van der Waals surface area contributed by atoms with Crippen molar-refractivity contribution in [3.8, 4) is 0 Å². The Morgan fingerprint density at radius 2 is 2.11 bits per heavy atom. The monoisotopic (exact) mass is 285 g/mol. The molecule has 1 heterocycles. The highest BCUT2D eigenvalue weighted by atomic mass is 35.5. The van der Waals surface area contributed by atoms with Crippen molar-refractivity contribution in [3.05, 3.63) is 16.4 Å². The number of nitrogens with two attached hydrogens (primary N) is 1. The second-order valence-electron chi connectivity index (χ2n) is 4.81.